The molecular weight excluding hydrogens is 248 g/mol. The van der Waals surface area contributed by atoms with Crippen molar-refractivity contribution in [1.29, 1.82) is 0 Å². The van der Waals surface area contributed by atoms with E-state index in [9.17, 15) is 4.79 Å². The lowest BCUT2D eigenvalue weighted by molar-refractivity contribution is -0.131. The lowest BCUT2D eigenvalue weighted by atomic mass is 9.82. The van der Waals surface area contributed by atoms with Crippen molar-refractivity contribution >= 4 is 5.91 Å². The van der Waals surface area contributed by atoms with Crippen molar-refractivity contribution in [1.82, 2.24) is 10.2 Å². The topological polar surface area (TPSA) is 32.3 Å². The van der Waals surface area contributed by atoms with Crippen molar-refractivity contribution in [2.75, 3.05) is 13.1 Å². The third kappa shape index (κ3) is 5.08. The van der Waals surface area contributed by atoms with Crippen LogP contribution in [-0.2, 0) is 4.79 Å². The van der Waals surface area contributed by atoms with E-state index in [1.807, 2.05) is 0 Å². The molecule has 0 aliphatic carbocycles. The van der Waals surface area contributed by atoms with Crippen LogP contribution in [0, 0.1) is 11.3 Å². The summed E-state index contributed by atoms with van der Waals surface area (Å²) in [7, 11) is 0. The Labute approximate surface area is 125 Å². The molecule has 1 rings (SSSR count). The largest absolute Gasteiger partial charge is 0.353 e. The normalized spacial score (nSPS) is 20.1. The van der Waals surface area contributed by atoms with E-state index in [-0.39, 0.29) is 11.3 Å². The fourth-order valence-electron chi connectivity index (χ4n) is 3.24. The van der Waals surface area contributed by atoms with Crippen molar-refractivity contribution in [2.24, 2.45) is 11.3 Å². The number of rotatable bonds is 6. The van der Waals surface area contributed by atoms with Crippen LogP contribution >= 0.6 is 0 Å². The lowest BCUT2D eigenvalue weighted by Gasteiger charge is -2.37. The van der Waals surface area contributed by atoms with Crippen LogP contribution in [0.4, 0.5) is 0 Å². The Morgan fingerprint density at radius 3 is 2.25 bits per heavy atom. The van der Waals surface area contributed by atoms with Crippen molar-refractivity contribution in [2.45, 2.75) is 79.3 Å². The summed E-state index contributed by atoms with van der Waals surface area (Å²) in [5, 5.41) is 3.28. The van der Waals surface area contributed by atoms with E-state index < -0.39 is 0 Å². The smallest absolute Gasteiger partial charge is 0.225 e. The standard InChI is InChI=1S/C17H34N2O/c1-7-14(4)19-10-8-15(9-11-19)18-16(20)17(5,6)12-13(2)3/h13-15H,7-12H2,1-6H3,(H,18,20). The minimum atomic E-state index is -0.248. The number of amides is 1. The third-order valence-electron chi connectivity index (χ3n) is 4.61. The molecule has 0 bridgehead atoms. The highest BCUT2D eigenvalue weighted by Crippen LogP contribution is 2.26. The zero-order valence-electron chi connectivity index (χ0n) is 14.3. The number of hydrogen-bond donors (Lipinski definition) is 1. The van der Waals surface area contributed by atoms with Crippen LogP contribution in [0.25, 0.3) is 0 Å². The van der Waals surface area contributed by atoms with Gasteiger partial charge < -0.3 is 10.2 Å². The summed E-state index contributed by atoms with van der Waals surface area (Å²) < 4.78 is 0. The van der Waals surface area contributed by atoms with E-state index in [1.165, 1.54) is 6.42 Å². The van der Waals surface area contributed by atoms with Gasteiger partial charge in [-0.25, -0.2) is 0 Å². The molecular formula is C17H34N2O. The van der Waals surface area contributed by atoms with Crippen LogP contribution in [-0.4, -0.2) is 36.0 Å². The maximum atomic E-state index is 12.4. The molecule has 0 aromatic carbocycles. The van der Waals surface area contributed by atoms with Gasteiger partial charge in [0.15, 0.2) is 0 Å². The van der Waals surface area contributed by atoms with Gasteiger partial charge in [-0.2, -0.15) is 0 Å². The molecule has 1 amide bonds. The van der Waals surface area contributed by atoms with Crippen LogP contribution < -0.4 is 5.32 Å². The highest BCUT2D eigenvalue weighted by Gasteiger charge is 2.31. The fraction of sp³-hybridized carbons (Fsp3) is 0.941. The monoisotopic (exact) mass is 282 g/mol. The Morgan fingerprint density at radius 2 is 1.80 bits per heavy atom. The molecule has 1 atom stereocenters. The van der Waals surface area contributed by atoms with E-state index in [4.69, 9.17) is 0 Å². The Hall–Kier alpha value is -0.570. The van der Waals surface area contributed by atoms with Gasteiger partial charge in [-0.1, -0.05) is 34.6 Å². The van der Waals surface area contributed by atoms with Crippen LogP contribution in [0.2, 0.25) is 0 Å². The van der Waals surface area contributed by atoms with E-state index in [2.05, 4.69) is 51.8 Å². The summed E-state index contributed by atoms with van der Waals surface area (Å²) in [6.45, 7) is 15.3. The van der Waals surface area contributed by atoms with Gasteiger partial charge in [0.2, 0.25) is 5.91 Å². The molecule has 0 aromatic heterocycles. The predicted molar refractivity (Wildman–Crippen MR) is 85.7 cm³/mol. The van der Waals surface area contributed by atoms with Crippen LogP contribution in [0.3, 0.4) is 0 Å². The molecule has 0 saturated carbocycles. The summed E-state index contributed by atoms with van der Waals surface area (Å²) in [5.41, 5.74) is -0.248. The second kappa shape index (κ2) is 7.44. The summed E-state index contributed by atoms with van der Waals surface area (Å²) in [6, 6.07) is 1.04. The number of piperidine rings is 1. The molecule has 1 N–H and O–H groups in total. The minimum Gasteiger partial charge on any atom is -0.353 e. The predicted octanol–water partition coefficient (Wildman–Crippen LogP) is 3.44. The SMILES string of the molecule is CCC(C)N1CCC(NC(=O)C(C)(C)CC(C)C)CC1. The Morgan fingerprint density at radius 1 is 1.25 bits per heavy atom. The first kappa shape index (κ1) is 17.5. The third-order valence-corrected chi connectivity index (χ3v) is 4.61. The minimum absolute atomic E-state index is 0.230. The van der Waals surface area contributed by atoms with Crippen LogP contribution in [0.1, 0.15) is 67.2 Å². The quantitative estimate of drug-likeness (QED) is 0.809. The van der Waals surface area contributed by atoms with Crippen molar-refractivity contribution < 1.29 is 4.79 Å². The average molecular weight is 282 g/mol. The number of nitrogens with zero attached hydrogens (tertiary/aromatic N) is 1. The van der Waals surface area contributed by atoms with Gasteiger partial charge in [0.05, 0.1) is 0 Å². The fourth-order valence-corrected chi connectivity index (χ4v) is 3.24. The zero-order chi connectivity index (χ0) is 15.3. The average Bonchev–Trinajstić information content (AvgIpc) is 2.37. The molecule has 1 heterocycles. The van der Waals surface area contributed by atoms with Gasteiger partial charge >= 0.3 is 0 Å². The van der Waals surface area contributed by atoms with Gasteiger partial charge in [-0.05, 0) is 38.5 Å². The molecule has 1 unspecified atom stereocenters. The van der Waals surface area contributed by atoms with Crippen molar-refractivity contribution in [3.8, 4) is 0 Å². The highest BCUT2D eigenvalue weighted by atomic mass is 16.2. The van der Waals surface area contributed by atoms with Crippen molar-refractivity contribution in [3.63, 3.8) is 0 Å². The molecule has 3 heteroatoms. The molecule has 0 radical (unpaired) electrons. The van der Waals surface area contributed by atoms with Crippen LogP contribution in [0.15, 0.2) is 0 Å². The number of carbonyl (C=O) groups excluding carboxylic acids is 1. The second-order valence-electron chi connectivity index (χ2n) is 7.52. The first-order valence-electron chi connectivity index (χ1n) is 8.31. The summed E-state index contributed by atoms with van der Waals surface area (Å²) in [6.07, 6.45) is 4.34. The Balaban J connectivity index is 2.41. The van der Waals surface area contributed by atoms with Crippen LogP contribution in [0.5, 0.6) is 0 Å². The number of nitrogens with one attached hydrogen (secondary N) is 1. The second-order valence-corrected chi connectivity index (χ2v) is 7.52. The first-order valence-corrected chi connectivity index (χ1v) is 8.31. The Bertz CT molecular complexity index is 304. The van der Waals surface area contributed by atoms with E-state index >= 15 is 0 Å². The highest BCUT2D eigenvalue weighted by molar-refractivity contribution is 5.82. The molecule has 1 aliphatic rings. The Kier molecular flexibility index (Phi) is 6.50. The molecule has 0 aromatic rings. The summed E-state index contributed by atoms with van der Waals surface area (Å²) >= 11 is 0. The van der Waals surface area contributed by atoms with E-state index in [0.29, 0.717) is 18.0 Å². The number of hydrogen-bond acceptors (Lipinski definition) is 2. The number of likely N-dealkylation sites (tertiary alicyclic amines) is 1. The van der Waals surface area contributed by atoms with Gasteiger partial charge in [0, 0.05) is 30.6 Å². The molecule has 3 nitrogen and oxygen atoms in total. The first-order chi connectivity index (χ1) is 9.26. The summed E-state index contributed by atoms with van der Waals surface area (Å²) in [5.74, 6) is 0.788. The molecule has 118 valence electrons. The summed E-state index contributed by atoms with van der Waals surface area (Å²) in [4.78, 5) is 15.0. The molecule has 1 saturated heterocycles. The molecule has 1 fully saturated rings. The van der Waals surface area contributed by atoms with Gasteiger partial charge in [0.1, 0.15) is 0 Å². The molecule has 0 spiro atoms. The zero-order valence-corrected chi connectivity index (χ0v) is 14.3. The maximum absolute atomic E-state index is 12.4. The molecule has 1 aliphatic heterocycles. The van der Waals surface area contributed by atoms with Gasteiger partial charge in [-0.3, -0.25) is 4.79 Å². The lowest BCUT2D eigenvalue weighted by Crippen LogP contribution is -2.50. The van der Waals surface area contributed by atoms with E-state index in [0.717, 1.165) is 32.4 Å². The maximum Gasteiger partial charge on any atom is 0.225 e. The van der Waals surface area contributed by atoms with Gasteiger partial charge in [0.25, 0.3) is 0 Å². The van der Waals surface area contributed by atoms with Crippen molar-refractivity contribution in [3.05, 3.63) is 0 Å². The van der Waals surface area contributed by atoms with E-state index in [1.54, 1.807) is 0 Å². The van der Waals surface area contributed by atoms with Gasteiger partial charge in [-0.15, -0.1) is 0 Å². The number of carbonyl (C=O) groups is 1. The molecule has 20 heavy (non-hydrogen) atoms.